The van der Waals surface area contributed by atoms with Gasteiger partial charge in [-0.3, -0.25) is 0 Å². The predicted molar refractivity (Wildman–Crippen MR) is 114 cm³/mol. The number of nitrogens with zero attached hydrogens (tertiary/aromatic N) is 3. The second kappa shape index (κ2) is 8.68. The van der Waals surface area contributed by atoms with Crippen LogP contribution < -0.4 is 0 Å². The Morgan fingerprint density at radius 1 is 1.00 bits per heavy atom. The number of halogens is 2. The molecule has 4 aromatic rings. The average molecular weight is 452 g/mol. The molecule has 1 heterocycles. The minimum Gasteiger partial charge on any atom is -0.370 e. The topological polar surface area (TPSA) is 39.9 Å². The van der Waals surface area contributed by atoms with E-state index in [1.807, 2.05) is 24.3 Å². The van der Waals surface area contributed by atoms with Crippen LogP contribution in [0.25, 0.3) is 16.8 Å². The number of benzene rings is 3. The molecule has 0 N–H and O–H groups in total. The molecule has 0 aliphatic carbocycles. The predicted octanol–water partition coefficient (Wildman–Crippen LogP) is 5.86. The Kier molecular flexibility index (Phi) is 5.83. The Bertz CT molecular complexity index is 1130. The highest BCUT2D eigenvalue weighted by Gasteiger charge is 2.09. The van der Waals surface area contributed by atoms with E-state index in [4.69, 9.17) is 4.74 Å². The molecule has 4 rings (SSSR count). The molecular formula is C23H19BrFN3O. The third-order valence-electron chi connectivity index (χ3n) is 4.73. The molecule has 4 nitrogen and oxygen atoms in total. The van der Waals surface area contributed by atoms with Gasteiger partial charge in [-0.2, -0.15) is 0 Å². The normalized spacial score (nSPS) is 11.0. The Morgan fingerprint density at radius 2 is 1.83 bits per heavy atom. The summed E-state index contributed by atoms with van der Waals surface area (Å²) in [5.74, 6) is -0.328. The second-order valence-corrected chi connectivity index (χ2v) is 7.55. The quantitative estimate of drug-likeness (QED) is 0.368. The van der Waals surface area contributed by atoms with Crippen LogP contribution in [0.15, 0.2) is 77.4 Å². The number of ether oxygens (including phenoxy) is 1. The lowest BCUT2D eigenvalue weighted by atomic mass is 9.97. The van der Waals surface area contributed by atoms with Gasteiger partial charge in [0, 0.05) is 10.5 Å². The maximum Gasteiger partial charge on any atom is 0.125 e. The molecule has 1 aromatic heterocycles. The first-order valence-electron chi connectivity index (χ1n) is 9.20. The highest BCUT2D eigenvalue weighted by atomic mass is 79.9. The van der Waals surface area contributed by atoms with Crippen molar-refractivity contribution in [3.05, 3.63) is 100 Å². The minimum absolute atomic E-state index is 0.321. The van der Waals surface area contributed by atoms with Crippen LogP contribution in [-0.4, -0.2) is 15.0 Å². The Labute approximate surface area is 177 Å². The summed E-state index contributed by atoms with van der Waals surface area (Å²) in [5.41, 5.74) is 6.00. The fourth-order valence-electron chi connectivity index (χ4n) is 3.18. The zero-order valence-corrected chi connectivity index (χ0v) is 17.4. The van der Waals surface area contributed by atoms with Gasteiger partial charge in [0.05, 0.1) is 25.1 Å². The number of rotatable bonds is 6. The summed E-state index contributed by atoms with van der Waals surface area (Å²) in [6.07, 6.45) is 1.74. The van der Waals surface area contributed by atoms with Crippen LogP contribution in [0.2, 0.25) is 0 Å². The van der Waals surface area contributed by atoms with Crippen molar-refractivity contribution < 1.29 is 9.13 Å². The van der Waals surface area contributed by atoms with E-state index in [2.05, 4.69) is 57.4 Å². The second-order valence-electron chi connectivity index (χ2n) is 6.70. The van der Waals surface area contributed by atoms with Crippen molar-refractivity contribution in [1.82, 2.24) is 15.0 Å². The first-order chi connectivity index (χ1) is 14.1. The van der Waals surface area contributed by atoms with Crippen LogP contribution in [0.3, 0.4) is 0 Å². The lowest BCUT2D eigenvalue weighted by Gasteiger charge is -2.11. The van der Waals surface area contributed by atoms with Gasteiger partial charge in [0.25, 0.3) is 0 Å². The summed E-state index contributed by atoms with van der Waals surface area (Å²) in [5, 5.41) is 8.20. The summed E-state index contributed by atoms with van der Waals surface area (Å²) in [4.78, 5) is 0. The maximum absolute atomic E-state index is 13.5. The maximum atomic E-state index is 13.5. The van der Waals surface area contributed by atoms with Gasteiger partial charge in [-0.15, -0.1) is 5.10 Å². The summed E-state index contributed by atoms with van der Waals surface area (Å²) >= 11 is 3.41. The Morgan fingerprint density at radius 3 is 2.66 bits per heavy atom. The first-order valence-corrected chi connectivity index (χ1v) is 9.99. The smallest absolute Gasteiger partial charge is 0.125 e. The van der Waals surface area contributed by atoms with E-state index in [1.54, 1.807) is 12.3 Å². The van der Waals surface area contributed by atoms with Crippen LogP contribution in [0, 0.1) is 12.7 Å². The van der Waals surface area contributed by atoms with Crippen molar-refractivity contribution in [2.75, 3.05) is 0 Å². The van der Waals surface area contributed by atoms with E-state index in [-0.39, 0.29) is 5.82 Å². The van der Waals surface area contributed by atoms with Gasteiger partial charge in [0.1, 0.15) is 11.5 Å². The molecule has 0 spiro atoms. The van der Waals surface area contributed by atoms with Gasteiger partial charge in [-0.25, -0.2) is 9.07 Å². The molecule has 0 unspecified atom stereocenters. The van der Waals surface area contributed by atoms with E-state index in [0.29, 0.717) is 24.6 Å². The van der Waals surface area contributed by atoms with Crippen molar-refractivity contribution in [2.45, 2.75) is 20.1 Å². The molecule has 0 saturated heterocycles. The van der Waals surface area contributed by atoms with Gasteiger partial charge in [-0.1, -0.05) is 53.7 Å². The lowest BCUT2D eigenvalue weighted by Crippen LogP contribution is -1.98. The number of hydrogen-bond donors (Lipinski definition) is 0. The molecule has 0 aliphatic rings. The minimum atomic E-state index is -0.328. The third-order valence-corrected chi connectivity index (χ3v) is 5.40. The fraction of sp³-hybridized carbons (Fsp3) is 0.130. The van der Waals surface area contributed by atoms with Crippen molar-refractivity contribution in [3.63, 3.8) is 0 Å². The molecular weight excluding hydrogens is 433 g/mol. The zero-order valence-electron chi connectivity index (χ0n) is 15.8. The van der Waals surface area contributed by atoms with Crippen LogP contribution >= 0.6 is 15.9 Å². The summed E-state index contributed by atoms with van der Waals surface area (Å²) in [6.45, 7) is 2.91. The fourth-order valence-corrected chi connectivity index (χ4v) is 3.61. The van der Waals surface area contributed by atoms with Gasteiger partial charge >= 0.3 is 0 Å². The van der Waals surface area contributed by atoms with E-state index in [0.717, 1.165) is 10.0 Å². The summed E-state index contributed by atoms with van der Waals surface area (Å²) in [6, 6.07) is 21.0. The van der Waals surface area contributed by atoms with E-state index in [9.17, 15) is 4.39 Å². The van der Waals surface area contributed by atoms with Crippen molar-refractivity contribution in [2.24, 2.45) is 0 Å². The van der Waals surface area contributed by atoms with Crippen molar-refractivity contribution in [3.8, 4) is 16.8 Å². The number of aromatic nitrogens is 3. The molecule has 146 valence electrons. The molecule has 0 atom stereocenters. The molecule has 0 aliphatic heterocycles. The number of hydrogen-bond acceptors (Lipinski definition) is 3. The van der Waals surface area contributed by atoms with E-state index >= 15 is 0 Å². The molecule has 0 fully saturated rings. The van der Waals surface area contributed by atoms with E-state index < -0.39 is 0 Å². The zero-order chi connectivity index (χ0) is 20.2. The average Bonchev–Trinajstić information content (AvgIpc) is 3.20. The van der Waals surface area contributed by atoms with Crippen LogP contribution in [0.1, 0.15) is 16.8 Å². The van der Waals surface area contributed by atoms with Gasteiger partial charge in [-0.05, 0) is 57.2 Å². The molecule has 0 saturated carbocycles. The lowest BCUT2D eigenvalue weighted by molar-refractivity contribution is 0.104. The SMILES string of the molecule is Cc1c(COCc2cn(-c3cc(F)ccc3Br)nn2)cccc1-c1ccccc1. The van der Waals surface area contributed by atoms with Gasteiger partial charge in [0.15, 0.2) is 0 Å². The van der Waals surface area contributed by atoms with Crippen LogP contribution in [0.5, 0.6) is 0 Å². The highest BCUT2D eigenvalue weighted by Crippen LogP contribution is 2.26. The van der Waals surface area contributed by atoms with Gasteiger partial charge in [0.2, 0.25) is 0 Å². The summed E-state index contributed by atoms with van der Waals surface area (Å²) < 4.78 is 21.7. The standard InChI is InChI=1S/C23H19BrFN3O/c1-16-18(8-5-9-21(16)17-6-3-2-4-7-17)14-29-15-20-13-28(27-26-20)23-12-19(25)10-11-22(23)24/h2-13H,14-15H2,1H3. The largest absolute Gasteiger partial charge is 0.370 e. The van der Waals surface area contributed by atoms with E-state index in [1.165, 1.54) is 33.5 Å². The third kappa shape index (κ3) is 4.44. The first kappa shape index (κ1) is 19.5. The Balaban J connectivity index is 1.44. The van der Waals surface area contributed by atoms with Crippen LogP contribution in [-0.2, 0) is 18.0 Å². The summed E-state index contributed by atoms with van der Waals surface area (Å²) in [7, 11) is 0. The van der Waals surface area contributed by atoms with Crippen molar-refractivity contribution in [1.29, 1.82) is 0 Å². The molecule has 3 aromatic carbocycles. The van der Waals surface area contributed by atoms with Crippen LogP contribution in [0.4, 0.5) is 4.39 Å². The molecule has 0 amide bonds. The molecule has 29 heavy (non-hydrogen) atoms. The van der Waals surface area contributed by atoms with Crippen molar-refractivity contribution >= 4 is 15.9 Å². The van der Waals surface area contributed by atoms with Gasteiger partial charge < -0.3 is 4.74 Å². The molecule has 0 bridgehead atoms. The highest BCUT2D eigenvalue weighted by molar-refractivity contribution is 9.10. The molecule has 6 heteroatoms. The Hall–Kier alpha value is -2.83. The monoisotopic (exact) mass is 451 g/mol. The molecule has 0 radical (unpaired) electrons.